The second kappa shape index (κ2) is 8.84. The molecule has 23 heavy (non-hydrogen) atoms. The molecule has 1 N–H and O–H groups in total. The fourth-order valence-corrected chi connectivity index (χ4v) is 2.69. The molecule has 2 heterocycles. The third-order valence-corrected chi connectivity index (χ3v) is 3.79. The summed E-state index contributed by atoms with van der Waals surface area (Å²) in [4.78, 5) is 13.1. The first kappa shape index (κ1) is 19.4. The fourth-order valence-electron chi connectivity index (χ4n) is 2.69. The number of halogens is 2. The molecular weight excluding hydrogens is 323 g/mol. The van der Waals surface area contributed by atoms with Crippen LogP contribution in [0.1, 0.15) is 38.3 Å². The highest BCUT2D eigenvalue weighted by Gasteiger charge is 2.25. The van der Waals surface area contributed by atoms with Crippen LogP contribution in [0.3, 0.4) is 0 Å². The number of nitrogens with zero attached hydrogens (tertiary/aromatic N) is 2. The molecule has 2 aromatic rings. The van der Waals surface area contributed by atoms with Crippen LogP contribution in [-0.4, -0.2) is 40.8 Å². The first-order valence-electron chi connectivity index (χ1n) is 7.48. The van der Waals surface area contributed by atoms with E-state index < -0.39 is 0 Å². The quantitative estimate of drug-likeness (QED) is 0.863. The SMILES string of the molecule is CC(=O)N1CCC(c2noc3cc(F)ccc23)CC1.CCO.Cl. The lowest BCUT2D eigenvalue weighted by Crippen LogP contribution is -2.36. The standard InChI is InChI=1S/C14H15FN2O2.C2H6O.ClH/c1-9(18)17-6-4-10(5-7-17)14-12-3-2-11(15)8-13(12)19-16-14;1-2-3;/h2-3,8,10H,4-7H2,1H3;3H,2H2,1H3;1H. The van der Waals surface area contributed by atoms with E-state index in [4.69, 9.17) is 9.63 Å². The highest BCUT2D eigenvalue weighted by molar-refractivity contribution is 5.85. The summed E-state index contributed by atoms with van der Waals surface area (Å²) in [6.07, 6.45) is 1.75. The Morgan fingerprint density at radius 3 is 2.61 bits per heavy atom. The molecule has 1 aromatic heterocycles. The van der Waals surface area contributed by atoms with Gasteiger partial charge in [0.2, 0.25) is 5.91 Å². The van der Waals surface area contributed by atoms with Gasteiger partial charge in [0.1, 0.15) is 5.82 Å². The highest BCUT2D eigenvalue weighted by atomic mass is 35.5. The molecule has 1 amide bonds. The summed E-state index contributed by atoms with van der Waals surface area (Å²) in [6, 6.07) is 4.50. The number of fused-ring (bicyclic) bond motifs is 1. The Labute approximate surface area is 140 Å². The van der Waals surface area contributed by atoms with Gasteiger partial charge in [0, 0.05) is 44.0 Å². The molecule has 0 radical (unpaired) electrons. The monoisotopic (exact) mass is 344 g/mol. The van der Waals surface area contributed by atoms with E-state index in [0.717, 1.165) is 37.0 Å². The largest absolute Gasteiger partial charge is 0.397 e. The lowest BCUT2D eigenvalue weighted by atomic mass is 9.91. The van der Waals surface area contributed by atoms with Gasteiger partial charge >= 0.3 is 0 Å². The average molecular weight is 345 g/mol. The van der Waals surface area contributed by atoms with Crippen LogP contribution in [0, 0.1) is 5.82 Å². The molecule has 3 rings (SSSR count). The van der Waals surface area contributed by atoms with Crippen LogP contribution >= 0.6 is 12.4 Å². The molecule has 0 bridgehead atoms. The van der Waals surface area contributed by atoms with Crippen molar-refractivity contribution in [1.29, 1.82) is 0 Å². The predicted octanol–water partition coefficient (Wildman–Crippen LogP) is 3.11. The first-order chi connectivity index (χ1) is 10.6. The minimum atomic E-state index is -0.318. The molecular formula is C16H22ClFN2O3. The van der Waals surface area contributed by atoms with E-state index in [9.17, 15) is 9.18 Å². The van der Waals surface area contributed by atoms with Gasteiger partial charge in [-0.1, -0.05) is 5.16 Å². The molecule has 1 aromatic carbocycles. The lowest BCUT2D eigenvalue weighted by molar-refractivity contribution is -0.129. The molecule has 0 atom stereocenters. The van der Waals surface area contributed by atoms with E-state index in [-0.39, 0.29) is 36.7 Å². The topological polar surface area (TPSA) is 66.6 Å². The maximum atomic E-state index is 13.1. The van der Waals surface area contributed by atoms with Crippen molar-refractivity contribution in [2.75, 3.05) is 19.7 Å². The van der Waals surface area contributed by atoms with Gasteiger partial charge in [0.15, 0.2) is 5.58 Å². The van der Waals surface area contributed by atoms with Crippen LogP contribution < -0.4 is 0 Å². The number of piperidine rings is 1. The second-order valence-electron chi connectivity index (χ2n) is 5.30. The Balaban J connectivity index is 0.000000615. The molecule has 0 spiro atoms. The van der Waals surface area contributed by atoms with Gasteiger partial charge < -0.3 is 14.5 Å². The van der Waals surface area contributed by atoms with Gasteiger partial charge in [-0.3, -0.25) is 4.79 Å². The van der Waals surface area contributed by atoms with E-state index in [0.29, 0.717) is 5.58 Å². The van der Waals surface area contributed by atoms with Crippen LogP contribution in [0.5, 0.6) is 0 Å². The summed E-state index contributed by atoms with van der Waals surface area (Å²) in [5.74, 6) is 0.0782. The fraction of sp³-hybridized carbons (Fsp3) is 0.500. The van der Waals surface area contributed by atoms with Gasteiger partial charge in [-0.15, -0.1) is 12.4 Å². The molecule has 0 unspecified atom stereocenters. The second-order valence-corrected chi connectivity index (χ2v) is 5.30. The summed E-state index contributed by atoms with van der Waals surface area (Å²) in [5.41, 5.74) is 1.38. The Morgan fingerprint density at radius 2 is 2.04 bits per heavy atom. The van der Waals surface area contributed by atoms with Crippen molar-refractivity contribution in [1.82, 2.24) is 10.1 Å². The summed E-state index contributed by atoms with van der Waals surface area (Å²) in [7, 11) is 0. The van der Waals surface area contributed by atoms with Gasteiger partial charge in [0.05, 0.1) is 5.69 Å². The first-order valence-corrected chi connectivity index (χ1v) is 7.48. The van der Waals surface area contributed by atoms with Gasteiger partial charge in [0.25, 0.3) is 0 Å². The number of benzene rings is 1. The third-order valence-electron chi connectivity index (χ3n) is 3.79. The number of rotatable bonds is 1. The predicted molar refractivity (Wildman–Crippen MR) is 88.2 cm³/mol. The molecule has 128 valence electrons. The molecule has 1 fully saturated rings. The van der Waals surface area contributed by atoms with E-state index in [1.807, 2.05) is 4.90 Å². The maximum Gasteiger partial charge on any atom is 0.219 e. The van der Waals surface area contributed by atoms with Crippen molar-refractivity contribution in [2.45, 2.75) is 32.6 Å². The number of hydrogen-bond acceptors (Lipinski definition) is 4. The maximum absolute atomic E-state index is 13.1. The van der Waals surface area contributed by atoms with E-state index in [1.54, 1.807) is 19.9 Å². The number of hydrogen-bond donors (Lipinski definition) is 1. The Morgan fingerprint density at radius 1 is 1.43 bits per heavy atom. The van der Waals surface area contributed by atoms with Crippen LogP contribution in [0.25, 0.3) is 11.0 Å². The molecule has 7 heteroatoms. The van der Waals surface area contributed by atoms with E-state index in [1.165, 1.54) is 12.1 Å². The zero-order valence-corrected chi connectivity index (χ0v) is 14.1. The van der Waals surface area contributed by atoms with Crippen molar-refractivity contribution < 1.29 is 18.8 Å². The molecule has 0 aliphatic carbocycles. The van der Waals surface area contributed by atoms with E-state index in [2.05, 4.69) is 5.16 Å². The van der Waals surface area contributed by atoms with Gasteiger partial charge in [-0.05, 0) is 31.9 Å². The van der Waals surface area contributed by atoms with Crippen LogP contribution in [-0.2, 0) is 4.79 Å². The van der Waals surface area contributed by atoms with Crippen molar-refractivity contribution >= 4 is 29.3 Å². The normalized spacial score (nSPS) is 14.9. The Hall–Kier alpha value is -1.66. The highest BCUT2D eigenvalue weighted by Crippen LogP contribution is 2.32. The van der Waals surface area contributed by atoms with Gasteiger partial charge in [-0.25, -0.2) is 4.39 Å². The summed E-state index contributed by atoms with van der Waals surface area (Å²) < 4.78 is 18.3. The zero-order chi connectivity index (χ0) is 16.1. The van der Waals surface area contributed by atoms with Crippen molar-refractivity contribution in [3.8, 4) is 0 Å². The molecule has 1 aliphatic heterocycles. The molecule has 1 aliphatic rings. The van der Waals surface area contributed by atoms with Crippen LogP contribution in [0.15, 0.2) is 22.7 Å². The van der Waals surface area contributed by atoms with Crippen molar-refractivity contribution in [3.05, 3.63) is 29.7 Å². The lowest BCUT2D eigenvalue weighted by Gasteiger charge is -2.30. The number of carbonyl (C=O) groups is 1. The third kappa shape index (κ3) is 4.65. The molecule has 1 saturated heterocycles. The van der Waals surface area contributed by atoms with Crippen LogP contribution in [0.4, 0.5) is 4.39 Å². The number of aliphatic hydroxyl groups excluding tert-OH is 1. The number of likely N-dealkylation sites (tertiary alicyclic amines) is 1. The molecule has 5 nitrogen and oxygen atoms in total. The Kier molecular flexibility index (Phi) is 7.45. The van der Waals surface area contributed by atoms with E-state index >= 15 is 0 Å². The number of aromatic nitrogens is 1. The Bertz CT molecular complexity index is 639. The van der Waals surface area contributed by atoms with Gasteiger partial charge in [-0.2, -0.15) is 0 Å². The van der Waals surface area contributed by atoms with Crippen molar-refractivity contribution in [3.63, 3.8) is 0 Å². The minimum absolute atomic E-state index is 0. The average Bonchev–Trinajstić information content (AvgIpc) is 2.91. The summed E-state index contributed by atoms with van der Waals surface area (Å²) >= 11 is 0. The summed E-state index contributed by atoms with van der Waals surface area (Å²) in [6.45, 7) is 5.01. The minimum Gasteiger partial charge on any atom is -0.397 e. The number of carbonyl (C=O) groups excluding carboxylic acids is 1. The number of amides is 1. The smallest absolute Gasteiger partial charge is 0.219 e. The molecule has 0 saturated carbocycles. The van der Waals surface area contributed by atoms with Crippen molar-refractivity contribution in [2.24, 2.45) is 0 Å². The zero-order valence-electron chi connectivity index (χ0n) is 13.3. The summed E-state index contributed by atoms with van der Waals surface area (Å²) in [5, 5.41) is 12.5. The van der Waals surface area contributed by atoms with Crippen LogP contribution in [0.2, 0.25) is 0 Å². The number of aliphatic hydroxyl groups is 1.